The van der Waals surface area contributed by atoms with Gasteiger partial charge < -0.3 is 16.5 Å². The van der Waals surface area contributed by atoms with Gasteiger partial charge in [0.2, 0.25) is 5.95 Å². The van der Waals surface area contributed by atoms with Gasteiger partial charge in [0.05, 0.1) is 0 Å². The van der Waals surface area contributed by atoms with E-state index in [9.17, 15) is 4.79 Å². The van der Waals surface area contributed by atoms with Crippen LogP contribution in [-0.4, -0.2) is 26.5 Å². The lowest BCUT2D eigenvalue weighted by Crippen LogP contribution is -2.13. The van der Waals surface area contributed by atoms with Crippen LogP contribution in [0.5, 0.6) is 0 Å². The number of hydrogen-bond acceptors (Lipinski definition) is 5. The van der Waals surface area contributed by atoms with Gasteiger partial charge in [-0.25, -0.2) is 4.98 Å². The minimum absolute atomic E-state index is 0.0717. The van der Waals surface area contributed by atoms with Crippen molar-refractivity contribution >= 4 is 17.1 Å². The van der Waals surface area contributed by atoms with Crippen molar-refractivity contribution in [3.8, 4) is 0 Å². The minimum Gasteiger partial charge on any atom is -0.369 e. The first-order valence-electron chi connectivity index (χ1n) is 5.04. The number of anilines is 1. The molecule has 1 atom stereocenters. The Morgan fingerprint density at radius 3 is 2.81 bits per heavy atom. The van der Waals surface area contributed by atoms with Crippen LogP contribution in [0, 0.1) is 5.92 Å². The lowest BCUT2D eigenvalue weighted by molar-refractivity contribution is 0.578. The zero-order valence-corrected chi connectivity index (χ0v) is 8.95. The summed E-state index contributed by atoms with van der Waals surface area (Å²) in [7, 11) is 0. The lowest BCUT2D eigenvalue weighted by Gasteiger charge is -2.03. The molecule has 0 amide bonds. The van der Waals surface area contributed by atoms with Gasteiger partial charge in [-0.1, -0.05) is 6.92 Å². The first kappa shape index (κ1) is 10.6. The third-order valence-corrected chi connectivity index (χ3v) is 2.37. The number of aromatic nitrogens is 4. The summed E-state index contributed by atoms with van der Waals surface area (Å²) in [5, 5.41) is 0. The largest absolute Gasteiger partial charge is 0.369 e. The van der Waals surface area contributed by atoms with Gasteiger partial charge in [0, 0.05) is 6.42 Å². The number of aromatic amines is 2. The molecule has 0 bridgehead atoms. The molecule has 0 aromatic carbocycles. The molecular weight excluding hydrogens is 208 g/mol. The highest BCUT2D eigenvalue weighted by Crippen LogP contribution is 2.08. The molecule has 1 unspecified atom stereocenters. The number of nitrogen functional groups attached to an aromatic ring is 1. The molecule has 2 aromatic rings. The van der Waals surface area contributed by atoms with Crippen molar-refractivity contribution in [3.05, 3.63) is 16.2 Å². The Morgan fingerprint density at radius 1 is 1.38 bits per heavy atom. The number of imidazole rings is 1. The van der Waals surface area contributed by atoms with Crippen molar-refractivity contribution in [2.75, 3.05) is 12.3 Å². The fourth-order valence-electron chi connectivity index (χ4n) is 1.48. The topological polar surface area (TPSA) is 126 Å². The van der Waals surface area contributed by atoms with Crippen molar-refractivity contribution in [3.63, 3.8) is 0 Å². The molecule has 6 N–H and O–H groups in total. The maximum Gasteiger partial charge on any atom is 0.278 e. The average Bonchev–Trinajstić information content (AvgIpc) is 2.60. The summed E-state index contributed by atoms with van der Waals surface area (Å²) in [5.74, 6) is 1.08. The van der Waals surface area contributed by atoms with Crippen molar-refractivity contribution in [1.29, 1.82) is 0 Å². The van der Waals surface area contributed by atoms with Crippen LogP contribution in [0.15, 0.2) is 4.79 Å². The molecule has 0 fully saturated rings. The predicted molar refractivity (Wildman–Crippen MR) is 60.8 cm³/mol. The second-order valence-corrected chi connectivity index (χ2v) is 3.88. The second kappa shape index (κ2) is 3.93. The maximum atomic E-state index is 11.5. The van der Waals surface area contributed by atoms with Crippen LogP contribution < -0.4 is 17.0 Å². The molecule has 0 radical (unpaired) electrons. The van der Waals surface area contributed by atoms with Crippen molar-refractivity contribution in [2.24, 2.45) is 11.7 Å². The fourth-order valence-corrected chi connectivity index (χ4v) is 1.48. The normalized spacial score (nSPS) is 13.1. The predicted octanol–water partition coefficient (Wildman–Crippen LogP) is -0.634. The van der Waals surface area contributed by atoms with E-state index in [1.165, 1.54) is 0 Å². The van der Waals surface area contributed by atoms with E-state index >= 15 is 0 Å². The van der Waals surface area contributed by atoms with Crippen LogP contribution in [0.3, 0.4) is 0 Å². The van der Waals surface area contributed by atoms with Crippen LogP contribution in [-0.2, 0) is 6.42 Å². The zero-order valence-electron chi connectivity index (χ0n) is 8.95. The van der Waals surface area contributed by atoms with Crippen LogP contribution in [0.1, 0.15) is 12.7 Å². The molecule has 0 saturated carbocycles. The van der Waals surface area contributed by atoms with Crippen LogP contribution in [0.25, 0.3) is 11.2 Å². The SMILES string of the molecule is CC(CN)Cc1nc2nc(N)[nH]c(=O)c2[nH]1. The van der Waals surface area contributed by atoms with Gasteiger partial charge in [0.25, 0.3) is 5.56 Å². The van der Waals surface area contributed by atoms with Gasteiger partial charge >= 0.3 is 0 Å². The van der Waals surface area contributed by atoms with Crippen molar-refractivity contribution < 1.29 is 0 Å². The second-order valence-electron chi connectivity index (χ2n) is 3.88. The van der Waals surface area contributed by atoms with Gasteiger partial charge in [0.15, 0.2) is 11.2 Å². The number of H-pyrrole nitrogens is 2. The molecule has 7 nitrogen and oxygen atoms in total. The highest BCUT2D eigenvalue weighted by molar-refractivity contribution is 5.70. The van der Waals surface area contributed by atoms with Gasteiger partial charge in [-0.05, 0) is 12.5 Å². The van der Waals surface area contributed by atoms with Gasteiger partial charge in [-0.3, -0.25) is 9.78 Å². The number of hydrogen-bond donors (Lipinski definition) is 4. The summed E-state index contributed by atoms with van der Waals surface area (Å²) < 4.78 is 0. The third kappa shape index (κ3) is 1.89. The average molecular weight is 222 g/mol. The van der Waals surface area contributed by atoms with Crippen LogP contribution >= 0.6 is 0 Å². The highest BCUT2D eigenvalue weighted by atomic mass is 16.1. The fraction of sp³-hybridized carbons (Fsp3) is 0.444. The molecule has 2 aromatic heterocycles. The van der Waals surface area contributed by atoms with E-state index in [-0.39, 0.29) is 11.5 Å². The van der Waals surface area contributed by atoms with E-state index in [0.717, 1.165) is 0 Å². The molecule has 0 aliphatic carbocycles. The molecule has 7 heteroatoms. The maximum absolute atomic E-state index is 11.5. The molecule has 16 heavy (non-hydrogen) atoms. The Balaban J connectivity index is 2.44. The smallest absolute Gasteiger partial charge is 0.278 e. The Kier molecular flexibility index (Phi) is 2.61. The number of nitrogens with two attached hydrogens (primary N) is 2. The van der Waals surface area contributed by atoms with Crippen LogP contribution in [0.2, 0.25) is 0 Å². The lowest BCUT2D eigenvalue weighted by atomic mass is 10.1. The number of rotatable bonds is 3. The van der Waals surface area contributed by atoms with E-state index in [1.807, 2.05) is 6.92 Å². The highest BCUT2D eigenvalue weighted by Gasteiger charge is 2.10. The Hall–Kier alpha value is -1.89. The molecule has 2 rings (SSSR count). The number of fused-ring (bicyclic) bond motifs is 1. The quantitative estimate of drug-likeness (QED) is 0.549. The van der Waals surface area contributed by atoms with Crippen LogP contribution in [0.4, 0.5) is 5.95 Å². The van der Waals surface area contributed by atoms with Gasteiger partial charge in [-0.2, -0.15) is 4.98 Å². The Labute approximate surface area is 91.3 Å². The van der Waals surface area contributed by atoms with Crippen molar-refractivity contribution in [1.82, 2.24) is 19.9 Å². The van der Waals surface area contributed by atoms with E-state index in [0.29, 0.717) is 35.9 Å². The Morgan fingerprint density at radius 2 is 2.12 bits per heavy atom. The standard InChI is InChI=1S/C9H14N6O/c1-4(3-10)2-5-12-6-7(13-5)14-9(11)15-8(6)16/h4H,2-3,10H2,1H3,(H4,11,12,13,14,15,16). The van der Waals surface area contributed by atoms with Gasteiger partial charge in [0.1, 0.15) is 5.82 Å². The molecule has 2 heterocycles. The minimum atomic E-state index is -0.304. The molecule has 0 aliphatic heterocycles. The summed E-state index contributed by atoms with van der Waals surface area (Å²) in [4.78, 5) is 25.0. The Bertz CT molecular complexity index is 557. The molecule has 0 aliphatic rings. The first-order valence-corrected chi connectivity index (χ1v) is 5.04. The summed E-state index contributed by atoms with van der Waals surface area (Å²) in [6.45, 7) is 2.59. The molecule has 0 saturated heterocycles. The monoisotopic (exact) mass is 222 g/mol. The van der Waals surface area contributed by atoms with E-state index < -0.39 is 0 Å². The molecular formula is C9H14N6O. The van der Waals surface area contributed by atoms with E-state index in [4.69, 9.17) is 11.5 Å². The number of nitrogens with one attached hydrogen (secondary N) is 2. The number of nitrogens with zero attached hydrogens (tertiary/aromatic N) is 2. The summed E-state index contributed by atoms with van der Waals surface area (Å²) in [5.41, 5.74) is 11.3. The third-order valence-electron chi connectivity index (χ3n) is 2.37. The first-order chi connectivity index (χ1) is 7.60. The summed E-state index contributed by atoms with van der Waals surface area (Å²) >= 11 is 0. The van der Waals surface area contributed by atoms with E-state index in [2.05, 4.69) is 19.9 Å². The molecule has 86 valence electrons. The van der Waals surface area contributed by atoms with E-state index in [1.54, 1.807) is 0 Å². The summed E-state index contributed by atoms with van der Waals surface area (Å²) in [6, 6.07) is 0. The van der Waals surface area contributed by atoms with Gasteiger partial charge in [-0.15, -0.1) is 0 Å². The summed E-state index contributed by atoms with van der Waals surface area (Å²) in [6.07, 6.45) is 0.687. The van der Waals surface area contributed by atoms with Crippen molar-refractivity contribution in [2.45, 2.75) is 13.3 Å². The molecule has 0 spiro atoms. The zero-order chi connectivity index (χ0) is 11.7.